The number of carbonyl (C=O) groups excluding carboxylic acids is 1. The van der Waals surface area contributed by atoms with Gasteiger partial charge in [-0.1, -0.05) is 12.1 Å². The van der Waals surface area contributed by atoms with Crippen LogP contribution >= 0.6 is 0 Å². The van der Waals surface area contributed by atoms with E-state index in [4.69, 9.17) is 0 Å². The van der Waals surface area contributed by atoms with Crippen molar-refractivity contribution >= 4 is 21.6 Å². The Balaban J connectivity index is 1.59. The van der Waals surface area contributed by atoms with Gasteiger partial charge in [0.1, 0.15) is 11.6 Å². The highest BCUT2D eigenvalue weighted by Crippen LogP contribution is 2.19. The van der Waals surface area contributed by atoms with Crippen LogP contribution in [0.5, 0.6) is 0 Å². The van der Waals surface area contributed by atoms with E-state index in [0.717, 1.165) is 30.2 Å². The molecule has 1 saturated heterocycles. The Morgan fingerprint density at radius 3 is 2.41 bits per heavy atom. The molecule has 7 nitrogen and oxygen atoms in total. The zero-order chi connectivity index (χ0) is 21.0. The molecule has 0 radical (unpaired) electrons. The van der Waals surface area contributed by atoms with Crippen LogP contribution in [-0.4, -0.2) is 42.6 Å². The summed E-state index contributed by atoms with van der Waals surface area (Å²) < 4.78 is 24.4. The topological polar surface area (TPSA) is 92.3 Å². The predicted molar refractivity (Wildman–Crippen MR) is 113 cm³/mol. The summed E-state index contributed by atoms with van der Waals surface area (Å²) in [4.78, 5) is 23.8. The minimum atomic E-state index is -3.30. The third kappa shape index (κ3) is 5.32. The Morgan fingerprint density at radius 1 is 1.14 bits per heavy atom. The maximum absolute atomic E-state index is 12.3. The molecule has 8 heteroatoms. The minimum absolute atomic E-state index is 0.155. The number of aromatic nitrogens is 2. The standard InChI is InChI=1S/C21H28N4O3S/c1-15(2)29(27,28)18-8-6-17(7-9-18)13-21(26)22-14-19-23-16(3)12-20(24-19)25-10-4-5-11-25/h6-9,12,15H,4-5,10-11,13-14H2,1-3H3,(H,22,26). The first-order chi connectivity index (χ1) is 13.8. The van der Waals surface area contributed by atoms with Gasteiger partial charge in [0, 0.05) is 24.8 Å². The van der Waals surface area contributed by atoms with Crippen molar-refractivity contribution in [3.05, 3.63) is 47.4 Å². The fourth-order valence-corrected chi connectivity index (χ4v) is 4.35. The fraction of sp³-hybridized carbons (Fsp3) is 0.476. The largest absolute Gasteiger partial charge is 0.357 e. The van der Waals surface area contributed by atoms with Crippen LogP contribution in [0.2, 0.25) is 0 Å². The number of nitrogens with one attached hydrogen (secondary N) is 1. The molecule has 0 unspecified atom stereocenters. The monoisotopic (exact) mass is 416 g/mol. The first kappa shape index (κ1) is 21.2. The number of anilines is 1. The number of hydrogen-bond donors (Lipinski definition) is 1. The Bertz CT molecular complexity index is 966. The SMILES string of the molecule is Cc1cc(N2CCCC2)nc(CNC(=O)Cc2ccc(S(=O)(=O)C(C)C)cc2)n1. The first-order valence-corrected chi connectivity index (χ1v) is 11.5. The summed E-state index contributed by atoms with van der Waals surface area (Å²) in [5.74, 6) is 1.36. The van der Waals surface area contributed by atoms with E-state index >= 15 is 0 Å². The van der Waals surface area contributed by atoms with Gasteiger partial charge in [-0.05, 0) is 51.3 Å². The van der Waals surface area contributed by atoms with Gasteiger partial charge in [0.2, 0.25) is 5.91 Å². The van der Waals surface area contributed by atoms with Gasteiger partial charge in [-0.15, -0.1) is 0 Å². The number of benzene rings is 1. The third-order valence-electron chi connectivity index (χ3n) is 5.00. The van der Waals surface area contributed by atoms with Crippen LogP contribution in [0.1, 0.15) is 43.8 Å². The van der Waals surface area contributed by atoms with Crippen LogP contribution in [0.3, 0.4) is 0 Å². The van der Waals surface area contributed by atoms with Crippen LogP contribution in [-0.2, 0) is 27.6 Å². The molecule has 2 heterocycles. The van der Waals surface area contributed by atoms with Crippen molar-refractivity contribution in [2.45, 2.75) is 56.7 Å². The zero-order valence-corrected chi connectivity index (χ0v) is 18.0. The second-order valence-corrected chi connectivity index (χ2v) is 10.2. The van der Waals surface area contributed by atoms with Crippen molar-refractivity contribution < 1.29 is 13.2 Å². The van der Waals surface area contributed by atoms with Gasteiger partial charge < -0.3 is 10.2 Å². The molecule has 2 aromatic rings. The molecule has 1 aromatic carbocycles. The summed E-state index contributed by atoms with van der Waals surface area (Å²) in [6.45, 7) is 7.51. The first-order valence-electron chi connectivity index (χ1n) is 9.95. The van der Waals surface area contributed by atoms with Crippen LogP contribution in [0, 0.1) is 6.92 Å². The molecule has 0 bridgehead atoms. The molecule has 0 aliphatic carbocycles. The number of nitrogens with zero attached hydrogens (tertiary/aromatic N) is 3. The van der Waals surface area contributed by atoms with E-state index in [1.165, 1.54) is 12.8 Å². The second kappa shape index (κ2) is 8.90. The average molecular weight is 417 g/mol. The lowest BCUT2D eigenvalue weighted by atomic mass is 10.1. The van der Waals surface area contributed by atoms with Gasteiger partial charge in [-0.3, -0.25) is 4.79 Å². The summed E-state index contributed by atoms with van der Waals surface area (Å²) in [5, 5.41) is 2.38. The van der Waals surface area contributed by atoms with Crippen LogP contribution in [0.25, 0.3) is 0 Å². The third-order valence-corrected chi connectivity index (χ3v) is 7.17. The van der Waals surface area contributed by atoms with E-state index < -0.39 is 15.1 Å². The van der Waals surface area contributed by atoms with Crippen molar-refractivity contribution in [3.8, 4) is 0 Å². The van der Waals surface area contributed by atoms with E-state index in [9.17, 15) is 13.2 Å². The Kier molecular flexibility index (Phi) is 6.52. The molecule has 1 fully saturated rings. The van der Waals surface area contributed by atoms with Gasteiger partial charge in [-0.25, -0.2) is 18.4 Å². The quantitative estimate of drug-likeness (QED) is 0.745. The molecule has 29 heavy (non-hydrogen) atoms. The van der Waals surface area contributed by atoms with Gasteiger partial charge in [0.25, 0.3) is 0 Å². The Hall–Kier alpha value is -2.48. The lowest BCUT2D eigenvalue weighted by Gasteiger charge is -2.17. The number of rotatable bonds is 7. The molecule has 1 aliphatic heterocycles. The lowest BCUT2D eigenvalue weighted by molar-refractivity contribution is -0.120. The van der Waals surface area contributed by atoms with E-state index in [0.29, 0.717) is 5.82 Å². The average Bonchev–Trinajstić information content (AvgIpc) is 3.21. The lowest BCUT2D eigenvalue weighted by Crippen LogP contribution is -2.27. The van der Waals surface area contributed by atoms with E-state index in [2.05, 4.69) is 20.2 Å². The molecule has 156 valence electrons. The molecular formula is C21H28N4O3S. The highest BCUT2D eigenvalue weighted by Gasteiger charge is 2.19. The van der Waals surface area contributed by atoms with Crippen LogP contribution < -0.4 is 10.2 Å². The van der Waals surface area contributed by atoms with Crippen molar-refractivity contribution in [2.75, 3.05) is 18.0 Å². The van der Waals surface area contributed by atoms with Crippen LogP contribution in [0.4, 0.5) is 5.82 Å². The normalized spacial score (nSPS) is 14.4. The van der Waals surface area contributed by atoms with Gasteiger partial charge in [-0.2, -0.15) is 0 Å². The van der Waals surface area contributed by atoms with Gasteiger partial charge >= 0.3 is 0 Å². The number of hydrogen-bond acceptors (Lipinski definition) is 6. The molecule has 0 atom stereocenters. The minimum Gasteiger partial charge on any atom is -0.357 e. The van der Waals surface area contributed by atoms with Crippen molar-refractivity contribution in [1.82, 2.24) is 15.3 Å². The summed E-state index contributed by atoms with van der Waals surface area (Å²) in [7, 11) is -3.30. The van der Waals surface area contributed by atoms with E-state index in [1.807, 2.05) is 13.0 Å². The zero-order valence-electron chi connectivity index (χ0n) is 17.2. The number of aryl methyl sites for hydroxylation is 1. The van der Waals surface area contributed by atoms with Crippen molar-refractivity contribution in [1.29, 1.82) is 0 Å². The summed E-state index contributed by atoms with van der Waals surface area (Å²) >= 11 is 0. The molecular weight excluding hydrogens is 388 g/mol. The Morgan fingerprint density at radius 2 is 1.79 bits per heavy atom. The van der Waals surface area contributed by atoms with Gasteiger partial charge in [0.05, 0.1) is 23.1 Å². The molecule has 0 spiro atoms. The predicted octanol–water partition coefficient (Wildman–Crippen LogP) is 2.43. The maximum Gasteiger partial charge on any atom is 0.224 e. The summed E-state index contributed by atoms with van der Waals surface area (Å²) in [5.41, 5.74) is 1.64. The number of sulfone groups is 1. The highest BCUT2D eigenvalue weighted by atomic mass is 32.2. The van der Waals surface area contributed by atoms with Crippen LogP contribution in [0.15, 0.2) is 35.2 Å². The Labute approximate surface area is 172 Å². The maximum atomic E-state index is 12.3. The molecule has 3 rings (SSSR count). The van der Waals surface area contributed by atoms with Crippen molar-refractivity contribution in [2.24, 2.45) is 0 Å². The van der Waals surface area contributed by atoms with Gasteiger partial charge in [0.15, 0.2) is 9.84 Å². The molecule has 0 saturated carbocycles. The molecule has 1 amide bonds. The molecule has 1 aliphatic rings. The van der Waals surface area contributed by atoms with Crippen molar-refractivity contribution in [3.63, 3.8) is 0 Å². The molecule has 1 aromatic heterocycles. The fourth-order valence-electron chi connectivity index (χ4n) is 3.29. The second-order valence-electron chi connectivity index (χ2n) is 7.67. The highest BCUT2D eigenvalue weighted by molar-refractivity contribution is 7.92. The smallest absolute Gasteiger partial charge is 0.224 e. The number of carbonyl (C=O) groups is 1. The summed E-state index contributed by atoms with van der Waals surface area (Å²) in [6, 6.07) is 8.46. The molecule has 1 N–H and O–H groups in total. The summed E-state index contributed by atoms with van der Waals surface area (Å²) in [6.07, 6.45) is 2.52. The van der Waals surface area contributed by atoms with E-state index in [-0.39, 0.29) is 23.8 Å². The number of amides is 1. The van der Waals surface area contributed by atoms with E-state index in [1.54, 1.807) is 38.1 Å².